The number of ether oxygens (including phenoxy) is 1. The van der Waals surface area contributed by atoms with Crippen LogP contribution >= 0.6 is 0 Å². The second kappa shape index (κ2) is 8.61. The highest BCUT2D eigenvalue weighted by Crippen LogP contribution is 2.34. The van der Waals surface area contributed by atoms with E-state index in [-0.39, 0.29) is 29.0 Å². The lowest BCUT2D eigenvalue weighted by molar-refractivity contribution is -0.0494. The molecule has 158 valence electrons. The maximum absolute atomic E-state index is 13.9. The van der Waals surface area contributed by atoms with Crippen LogP contribution in [0, 0.1) is 6.92 Å². The quantitative estimate of drug-likeness (QED) is 0.438. The summed E-state index contributed by atoms with van der Waals surface area (Å²) in [6.07, 6.45) is -0.356. The normalized spacial score (nSPS) is 11.6. The second-order valence-corrected chi connectivity index (χ2v) is 6.69. The summed E-state index contributed by atoms with van der Waals surface area (Å²) in [4.78, 5) is 15.7. The Morgan fingerprint density at radius 1 is 1.13 bits per heavy atom. The Kier molecular flexibility index (Phi) is 6.14. The summed E-state index contributed by atoms with van der Waals surface area (Å²) in [6, 6.07) is 13.2. The van der Waals surface area contributed by atoms with Crippen molar-refractivity contribution in [1.29, 1.82) is 0 Å². The number of benzene rings is 2. The van der Waals surface area contributed by atoms with E-state index in [1.807, 2.05) is 0 Å². The fraction of sp³-hybridized carbons (Fsp3) is 0.227. The first-order valence-corrected chi connectivity index (χ1v) is 9.25. The summed E-state index contributed by atoms with van der Waals surface area (Å²) in [7, 11) is 0. The molecule has 8 heteroatoms. The van der Waals surface area contributed by atoms with Crippen LogP contribution in [0.4, 0.5) is 23.2 Å². The van der Waals surface area contributed by atoms with E-state index >= 15 is 0 Å². The standard InChI is InChI=1S/C22H20F4N2O2/c1-3-22(25,26)14-7-6-8-15(11-14)28-20(29)17-12-18(27-13(17)2)16-9-4-5-10-19(16)30-21(23)24/h4-12,21,27H,3H2,1-2H3,(H,28,29). The highest BCUT2D eigenvalue weighted by Gasteiger charge is 2.29. The minimum Gasteiger partial charge on any atom is -0.434 e. The molecule has 2 aromatic carbocycles. The molecule has 2 N–H and O–H groups in total. The summed E-state index contributed by atoms with van der Waals surface area (Å²) in [5.41, 5.74) is 1.57. The van der Waals surface area contributed by atoms with Crippen LogP contribution in [0.15, 0.2) is 54.6 Å². The van der Waals surface area contributed by atoms with Crippen molar-refractivity contribution in [1.82, 2.24) is 4.98 Å². The summed E-state index contributed by atoms with van der Waals surface area (Å²) in [6.45, 7) is 0.0425. The van der Waals surface area contributed by atoms with Gasteiger partial charge in [-0.25, -0.2) is 8.78 Å². The van der Waals surface area contributed by atoms with Gasteiger partial charge in [0, 0.05) is 28.9 Å². The zero-order valence-electron chi connectivity index (χ0n) is 16.3. The number of halogens is 4. The maximum Gasteiger partial charge on any atom is 0.387 e. The second-order valence-electron chi connectivity index (χ2n) is 6.69. The van der Waals surface area contributed by atoms with Crippen molar-refractivity contribution in [3.05, 3.63) is 71.4 Å². The van der Waals surface area contributed by atoms with Crippen molar-refractivity contribution >= 4 is 11.6 Å². The zero-order valence-corrected chi connectivity index (χ0v) is 16.3. The van der Waals surface area contributed by atoms with Gasteiger partial charge in [-0.15, -0.1) is 0 Å². The molecule has 30 heavy (non-hydrogen) atoms. The number of aromatic amines is 1. The van der Waals surface area contributed by atoms with E-state index in [4.69, 9.17) is 0 Å². The highest BCUT2D eigenvalue weighted by molar-refractivity contribution is 6.06. The van der Waals surface area contributed by atoms with E-state index in [1.165, 1.54) is 43.3 Å². The fourth-order valence-corrected chi connectivity index (χ4v) is 3.05. The van der Waals surface area contributed by atoms with Crippen molar-refractivity contribution in [3.63, 3.8) is 0 Å². The number of H-pyrrole nitrogens is 1. The minimum atomic E-state index is -2.99. The predicted molar refractivity (Wildman–Crippen MR) is 106 cm³/mol. The first-order valence-electron chi connectivity index (χ1n) is 9.25. The lowest BCUT2D eigenvalue weighted by atomic mass is 10.1. The summed E-state index contributed by atoms with van der Waals surface area (Å²) in [5.74, 6) is -3.54. The third kappa shape index (κ3) is 4.64. The molecule has 1 heterocycles. The monoisotopic (exact) mass is 420 g/mol. The van der Waals surface area contributed by atoms with Crippen LogP contribution in [0.3, 0.4) is 0 Å². The number of carbonyl (C=O) groups excluding carboxylic acids is 1. The molecule has 3 rings (SSSR count). The highest BCUT2D eigenvalue weighted by atomic mass is 19.3. The predicted octanol–water partition coefficient (Wildman–Crippen LogP) is 6.35. The molecule has 0 saturated carbocycles. The summed E-state index contributed by atoms with van der Waals surface area (Å²) in [5, 5.41) is 2.60. The molecular weight excluding hydrogens is 400 g/mol. The molecule has 0 aliphatic heterocycles. The Bertz CT molecular complexity index is 1050. The van der Waals surface area contributed by atoms with Crippen LogP contribution in [0.2, 0.25) is 0 Å². The third-order valence-corrected chi connectivity index (χ3v) is 4.64. The molecule has 1 aromatic heterocycles. The number of rotatable bonds is 7. The first kappa shape index (κ1) is 21.4. The van der Waals surface area contributed by atoms with E-state index in [0.29, 0.717) is 17.0 Å². The molecule has 3 aromatic rings. The van der Waals surface area contributed by atoms with Crippen LogP contribution in [0.1, 0.15) is 35.0 Å². The Morgan fingerprint density at radius 2 is 1.87 bits per heavy atom. The number of anilines is 1. The zero-order chi connectivity index (χ0) is 21.9. The fourth-order valence-electron chi connectivity index (χ4n) is 3.05. The molecule has 0 unspecified atom stereocenters. The maximum atomic E-state index is 13.9. The molecule has 0 aliphatic carbocycles. The van der Waals surface area contributed by atoms with E-state index in [1.54, 1.807) is 25.1 Å². The van der Waals surface area contributed by atoms with Gasteiger partial charge in [0.15, 0.2) is 0 Å². The number of carbonyl (C=O) groups is 1. The lowest BCUT2D eigenvalue weighted by Crippen LogP contribution is -2.15. The van der Waals surface area contributed by atoms with Gasteiger partial charge in [-0.05, 0) is 37.3 Å². The van der Waals surface area contributed by atoms with Crippen LogP contribution in [0.5, 0.6) is 5.75 Å². The van der Waals surface area contributed by atoms with E-state index in [9.17, 15) is 22.4 Å². The van der Waals surface area contributed by atoms with E-state index in [2.05, 4.69) is 15.0 Å². The molecule has 0 fully saturated rings. The lowest BCUT2D eigenvalue weighted by Gasteiger charge is -2.15. The van der Waals surface area contributed by atoms with Crippen molar-refractivity contribution in [2.45, 2.75) is 32.8 Å². The topological polar surface area (TPSA) is 54.1 Å². The van der Waals surface area contributed by atoms with Crippen LogP contribution in [-0.2, 0) is 5.92 Å². The molecule has 0 spiro atoms. The van der Waals surface area contributed by atoms with Gasteiger partial charge in [0.05, 0.1) is 11.3 Å². The van der Waals surface area contributed by atoms with Crippen molar-refractivity contribution in [3.8, 4) is 17.0 Å². The van der Waals surface area contributed by atoms with Gasteiger partial charge in [-0.1, -0.05) is 31.2 Å². The number of amides is 1. The molecule has 0 saturated heterocycles. The van der Waals surface area contributed by atoms with Crippen LogP contribution in [0.25, 0.3) is 11.3 Å². The van der Waals surface area contributed by atoms with Gasteiger partial charge in [0.25, 0.3) is 11.8 Å². The Morgan fingerprint density at radius 3 is 2.57 bits per heavy atom. The molecule has 0 aliphatic rings. The van der Waals surface area contributed by atoms with Gasteiger partial charge in [0.2, 0.25) is 0 Å². The molecule has 0 atom stereocenters. The Balaban J connectivity index is 1.86. The number of aryl methyl sites for hydroxylation is 1. The summed E-state index contributed by atoms with van der Waals surface area (Å²) < 4.78 is 57.7. The van der Waals surface area contributed by atoms with Crippen molar-refractivity contribution < 1.29 is 27.1 Å². The van der Waals surface area contributed by atoms with E-state index in [0.717, 1.165) is 0 Å². The molecular formula is C22H20F4N2O2. The van der Waals surface area contributed by atoms with Gasteiger partial charge in [-0.3, -0.25) is 4.79 Å². The summed E-state index contributed by atoms with van der Waals surface area (Å²) >= 11 is 0. The third-order valence-electron chi connectivity index (χ3n) is 4.64. The minimum absolute atomic E-state index is 0.0322. The van der Waals surface area contributed by atoms with Gasteiger partial charge >= 0.3 is 6.61 Å². The van der Waals surface area contributed by atoms with Gasteiger partial charge in [0.1, 0.15) is 5.75 Å². The number of alkyl halides is 4. The molecule has 1 amide bonds. The molecule has 0 radical (unpaired) electrons. The smallest absolute Gasteiger partial charge is 0.387 e. The molecule has 0 bridgehead atoms. The number of hydrogen-bond donors (Lipinski definition) is 2. The van der Waals surface area contributed by atoms with Crippen molar-refractivity contribution in [2.24, 2.45) is 0 Å². The average Bonchev–Trinajstić information content (AvgIpc) is 3.10. The van der Waals surface area contributed by atoms with Crippen LogP contribution in [-0.4, -0.2) is 17.5 Å². The average molecular weight is 420 g/mol. The SMILES string of the molecule is CCC(F)(F)c1cccc(NC(=O)c2cc(-c3ccccc3OC(F)F)[nH]c2C)c1. The Labute approximate surface area is 170 Å². The van der Waals surface area contributed by atoms with Crippen LogP contribution < -0.4 is 10.1 Å². The number of nitrogens with one attached hydrogen (secondary N) is 2. The Hall–Kier alpha value is -3.29. The first-order chi connectivity index (χ1) is 14.2. The molecule has 4 nitrogen and oxygen atoms in total. The largest absolute Gasteiger partial charge is 0.434 e. The number of para-hydroxylation sites is 1. The van der Waals surface area contributed by atoms with Gasteiger partial charge in [-0.2, -0.15) is 8.78 Å². The number of aromatic nitrogens is 1. The van der Waals surface area contributed by atoms with E-state index < -0.39 is 18.4 Å². The number of hydrogen-bond acceptors (Lipinski definition) is 2. The van der Waals surface area contributed by atoms with Crippen molar-refractivity contribution in [2.75, 3.05) is 5.32 Å². The van der Waals surface area contributed by atoms with Gasteiger partial charge < -0.3 is 15.0 Å².